The monoisotopic (exact) mass is 764 g/mol. The van der Waals surface area contributed by atoms with E-state index in [-0.39, 0.29) is 113 Å². The predicted molar refractivity (Wildman–Crippen MR) is 190 cm³/mol. The molecule has 2 aliphatic heterocycles. The van der Waals surface area contributed by atoms with Crippen LogP contribution in [0, 0.1) is 0 Å². The Morgan fingerprint density at radius 3 is 0.964 bits per heavy atom. The molecule has 2 aliphatic rings. The molecule has 278 valence electrons. The van der Waals surface area contributed by atoms with Gasteiger partial charge in [-0.05, 0) is 60.7 Å². The van der Waals surface area contributed by atoms with Crippen molar-refractivity contribution in [1.82, 2.24) is 34.7 Å². The van der Waals surface area contributed by atoms with Gasteiger partial charge in [-0.1, -0.05) is 0 Å². The van der Waals surface area contributed by atoms with E-state index in [2.05, 4.69) is 0 Å². The van der Waals surface area contributed by atoms with Gasteiger partial charge in [0.05, 0.1) is 84.8 Å². The Balaban J connectivity index is 1.54. The third-order valence-electron chi connectivity index (χ3n) is 8.63. The minimum atomic E-state index is -1.28. The summed E-state index contributed by atoms with van der Waals surface area (Å²) >= 11 is 0.359. The smallest absolute Gasteiger partial charge is 0.351 e. The average molecular weight is 765 g/mol. The van der Waals surface area contributed by atoms with E-state index in [1.807, 2.05) is 0 Å². The van der Waals surface area contributed by atoms with E-state index in [4.69, 9.17) is 34.2 Å². The van der Waals surface area contributed by atoms with E-state index in [1.54, 1.807) is 9.80 Å². The van der Waals surface area contributed by atoms with Crippen molar-refractivity contribution in [2.24, 2.45) is 5.14 Å². The van der Waals surface area contributed by atoms with Gasteiger partial charge in [0.15, 0.2) is 0 Å². The van der Waals surface area contributed by atoms with Gasteiger partial charge in [-0.25, -0.2) is 49.0 Å². The minimum Gasteiger partial charge on any atom is -0.478 e. The van der Waals surface area contributed by atoms with Crippen molar-refractivity contribution in [1.29, 1.82) is 0 Å². The molecule has 0 atom stereocenters. The number of aromatic carboxylic acids is 4. The van der Waals surface area contributed by atoms with Crippen LogP contribution in [0.2, 0.25) is 0 Å². The summed E-state index contributed by atoms with van der Waals surface area (Å²) in [6.07, 6.45) is 0. The SMILES string of the molecule is NSOC(=O)c1cc2nc(c1)CN1Cc3cc(C(=O)O)cc(n3)-c3cc(C(=O)O)cc(n3)CN(C2)Cc2cc(C(=O)O)cc(n2)-c2cc(C(=O)O)cc(n2)C1. The van der Waals surface area contributed by atoms with Gasteiger partial charge in [0.2, 0.25) is 0 Å². The lowest BCUT2D eigenvalue weighted by Gasteiger charge is -2.23. The molecule has 19 heteroatoms. The van der Waals surface area contributed by atoms with Crippen molar-refractivity contribution in [3.8, 4) is 22.8 Å². The third-order valence-corrected chi connectivity index (χ3v) is 8.88. The molecule has 0 saturated heterocycles. The summed E-state index contributed by atoms with van der Waals surface area (Å²) in [7, 11) is 0. The lowest BCUT2D eigenvalue weighted by Crippen LogP contribution is -2.26. The van der Waals surface area contributed by atoms with Gasteiger partial charge in [0.25, 0.3) is 0 Å². The first-order valence-corrected chi connectivity index (χ1v) is 17.1. The van der Waals surface area contributed by atoms with Crippen molar-refractivity contribution in [2.45, 2.75) is 39.3 Å². The van der Waals surface area contributed by atoms with Crippen LogP contribution in [0.1, 0.15) is 86.0 Å². The topological polar surface area (TPSA) is 272 Å². The van der Waals surface area contributed by atoms with Crippen molar-refractivity contribution in [3.05, 3.63) is 123 Å². The molecule has 6 N–H and O–H groups in total. The number of nitrogens with zero attached hydrogens (tertiary/aromatic N) is 7. The largest absolute Gasteiger partial charge is 0.478 e. The van der Waals surface area contributed by atoms with E-state index >= 15 is 0 Å². The average Bonchev–Trinajstić information content (AvgIpc) is 3.13. The highest BCUT2D eigenvalue weighted by Gasteiger charge is 2.24. The molecule has 12 bridgehead atoms. The second-order valence-electron chi connectivity index (χ2n) is 12.7. The van der Waals surface area contributed by atoms with Crippen molar-refractivity contribution in [3.63, 3.8) is 0 Å². The summed E-state index contributed by atoms with van der Waals surface area (Å²) in [6.45, 7) is -0.335. The number of rotatable bonds is 6. The summed E-state index contributed by atoms with van der Waals surface area (Å²) < 4.78 is 5.02. The molecule has 0 amide bonds. The Hall–Kier alpha value is -6.67. The number of carbonyl (C=O) groups is 5. The molecule has 0 spiro atoms. The maximum atomic E-state index is 13.1. The van der Waals surface area contributed by atoms with Crippen LogP contribution in [0.4, 0.5) is 0 Å². The maximum Gasteiger partial charge on any atom is 0.351 e. The minimum absolute atomic E-state index is 0.00313. The molecular formula is C36H28N8O10S. The summed E-state index contributed by atoms with van der Waals surface area (Å²) in [4.78, 5) is 89.7. The van der Waals surface area contributed by atoms with Crippen LogP contribution < -0.4 is 5.14 Å². The number of fused-ring (bicyclic) bond motifs is 12. The fourth-order valence-corrected chi connectivity index (χ4v) is 6.61. The van der Waals surface area contributed by atoms with E-state index in [0.717, 1.165) is 0 Å². The van der Waals surface area contributed by atoms with Gasteiger partial charge in [0.1, 0.15) is 12.2 Å². The number of carboxylic acid groups (broad SMARTS) is 4. The molecule has 0 aromatic carbocycles. The third kappa shape index (κ3) is 8.29. The molecule has 7 rings (SSSR count). The highest BCUT2D eigenvalue weighted by molar-refractivity contribution is 7.92. The van der Waals surface area contributed by atoms with Crippen molar-refractivity contribution < 1.29 is 48.6 Å². The lowest BCUT2D eigenvalue weighted by molar-refractivity contribution is 0.0685. The molecule has 0 unspecified atom stereocenters. The Morgan fingerprint density at radius 2 is 0.709 bits per heavy atom. The van der Waals surface area contributed by atoms with Crippen LogP contribution in [0.25, 0.3) is 22.8 Å². The highest BCUT2D eigenvalue weighted by Crippen LogP contribution is 2.27. The first-order valence-electron chi connectivity index (χ1n) is 16.3. The van der Waals surface area contributed by atoms with E-state index in [1.165, 1.54) is 60.7 Å². The molecule has 5 aromatic rings. The second-order valence-corrected chi connectivity index (χ2v) is 13.1. The molecular weight excluding hydrogens is 737 g/mol. The fourth-order valence-electron chi connectivity index (χ4n) is 6.42. The van der Waals surface area contributed by atoms with Gasteiger partial charge in [0, 0.05) is 39.3 Å². The predicted octanol–water partition coefficient (Wildman–Crippen LogP) is 3.50. The van der Waals surface area contributed by atoms with Crippen LogP contribution in [0.15, 0.2) is 60.7 Å². The summed E-state index contributed by atoms with van der Waals surface area (Å²) in [5.74, 6) is -5.87. The molecule has 0 fully saturated rings. The van der Waals surface area contributed by atoms with Crippen molar-refractivity contribution in [2.75, 3.05) is 0 Å². The summed E-state index contributed by atoms with van der Waals surface area (Å²) in [6, 6.07) is 13.5. The number of hydrogen-bond donors (Lipinski definition) is 5. The lowest BCUT2D eigenvalue weighted by atomic mass is 10.1. The number of carbonyl (C=O) groups excluding carboxylic acids is 1. The number of aromatic nitrogens is 5. The number of hydrogen-bond acceptors (Lipinski definition) is 15. The van der Waals surface area contributed by atoms with Gasteiger partial charge >= 0.3 is 29.8 Å². The molecule has 7 heterocycles. The van der Waals surface area contributed by atoms with Crippen LogP contribution in [0.5, 0.6) is 0 Å². The molecule has 0 saturated carbocycles. The molecule has 0 radical (unpaired) electrons. The Morgan fingerprint density at radius 1 is 0.455 bits per heavy atom. The molecule has 0 aliphatic carbocycles. The fraction of sp³-hybridized carbons (Fsp3) is 0.167. The number of pyridine rings is 5. The zero-order valence-corrected chi connectivity index (χ0v) is 29.2. The molecule has 18 nitrogen and oxygen atoms in total. The molecule has 55 heavy (non-hydrogen) atoms. The Bertz CT molecular complexity index is 2160. The first kappa shape index (κ1) is 36.7. The van der Waals surface area contributed by atoms with Crippen LogP contribution in [-0.4, -0.2) is 85.0 Å². The summed E-state index contributed by atoms with van der Waals surface area (Å²) in [5.41, 5.74) is 1.43. The quantitative estimate of drug-likeness (QED) is 0.122. The van der Waals surface area contributed by atoms with Gasteiger partial charge in [-0.15, -0.1) is 0 Å². The standard InChI is InChI=1S/C36H28N8O10S/c37-55-54-36(53)21-5-22-11-43-13-24-1-17(32(45)46)7-28(39-24)29-8-18(33(47)48)3-26(40-29)15-44(12-23(6-21)38-22)16-27-4-20(35(51)52)10-31(42-27)30-9-19(34(49)50)2-25(14-43)41-30/h1-10H,11-16,37H2,(H,45,46)(H,47,48)(H,49,50)(H,51,52). The molecule has 5 aromatic heterocycles. The highest BCUT2D eigenvalue weighted by atomic mass is 32.2. The number of nitrogens with two attached hydrogens (primary N) is 1. The Kier molecular flexibility index (Phi) is 10.00. The van der Waals surface area contributed by atoms with Gasteiger partial charge in [-0.2, -0.15) is 0 Å². The summed E-state index contributed by atoms with van der Waals surface area (Å²) in [5, 5.41) is 45.8. The zero-order chi connectivity index (χ0) is 39.0. The van der Waals surface area contributed by atoms with Crippen LogP contribution in [-0.2, 0) is 43.5 Å². The van der Waals surface area contributed by atoms with Gasteiger partial charge < -0.3 is 24.6 Å². The normalized spacial score (nSPS) is 16.0. The first-order chi connectivity index (χ1) is 26.3. The van der Waals surface area contributed by atoms with E-state index < -0.39 is 29.8 Å². The maximum absolute atomic E-state index is 13.1. The van der Waals surface area contributed by atoms with E-state index in [9.17, 15) is 44.4 Å². The number of carboxylic acids is 4. The van der Waals surface area contributed by atoms with Crippen LogP contribution in [0.3, 0.4) is 0 Å². The Labute approximate surface area is 314 Å². The van der Waals surface area contributed by atoms with Gasteiger partial charge in [-0.3, -0.25) is 14.8 Å². The van der Waals surface area contributed by atoms with Crippen molar-refractivity contribution >= 4 is 42.1 Å². The zero-order valence-electron chi connectivity index (χ0n) is 28.4. The van der Waals surface area contributed by atoms with E-state index in [0.29, 0.717) is 23.6 Å². The second kappa shape index (κ2) is 15.0. The van der Waals surface area contributed by atoms with Crippen LogP contribution >= 0.6 is 12.2 Å².